The van der Waals surface area contributed by atoms with E-state index < -0.39 is 0 Å². The van der Waals surface area contributed by atoms with Crippen molar-refractivity contribution in [1.29, 1.82) is 10.5 Å². The fourth-order valence-corrected chi connectivity index (χ4v) is 5.31. The van der Waals surface area contributed by atoms with Crippen molar-refractivity contribution in [3.05, 3.63) is 53.1 Å². The number of nitrogens with zero attached hydrogens (tertiary/aromatic N) is 4. The Labute approximate surface area is 219 Å². The van der Waals surface area contributed by atoms with E-state index in [1.54, 1.807) is 17.0 Å². The Hall–Kier alpha value is -4.41. The highest BCUT2D eigenvalue weighted by molar-refractivity contribution is 7.99. The molecule has 188 valence electrons. The third kappa shape index (κ3) is 4.84. The van der Waals surface area contributed by atoms with E-state index in [2.05, 4.69) is 17.1 Å². The van der Waals surface area contributed by atoms with Crippen molar-refractivity contribution >= 4 is 29.2 Å². The van der Waals surface area contributed by atoms with Gasteiger partial charge in [-0.15, -0.1) is 11.8 Å². The van der Waals surface area contributed by atoms with Gasteiger partial charge in [0, 0.05) is 30.0 Å². The molecule has 3 aromatic rings. The molecule has 0 aliphatic carbocycles. The lowest BCUT2D eigenvalue weighted by molar-refractivity contribution is -0.118. The Bertz CT molecular complexity index is 1420. The maximum atomic E-state index is 12.9. The van der Waals surface area contributed by atoms with Crippen molar-refractivity contribution in [2.24, 2.45) is 0 Å². The summed E-state index contributed by atoms with van der Waals surface area (Å²) in [5.74, 6) is 1.50. The Morgan fingerprint density at radius 2 is 1.76 bits per heavy atom. The predicted octanol–water partition coefficient (Wildman–Crippen LogP) is 4.17. The van der Waals surface area contributed by atoms with Gasteiger partial charge in [0.25, 0.3) is 0 Å². The molecule has 0 radical (unpaired) electrons. The number of rotatable bonds is 8. The Balaban J connectivity index is 1.66. The van der Waals surface area contributed by atoms with Crippen LogP contribution in [-0.2, 0) is 11.2 Å². The van der Waals surface area contributed by atoms with Gasteiger partial charge >= 0.3 is 0 Å². The van der Waals surface area contributed by atoms with Gasteiger partial charge in [-0.3, -0.25) is 4.79 Å². The molecule has 0 atom stereocenters. The number of nitrogens with two attached hydrogens (primary N) is 1. The molecule has 1 aliphatic rings. The lowest BCUT2D eigenvalue weighted by atomic mass is 9.96. The smallest absolute Gasteiger partial charge is 0.227 e. The van der Waals surface area contributed by atoms with Gasteiger partial charge in [-0.05, 0) is 35.7 Å². The number of nitriles is 2. The number of amides is 1. The van der Waals surface area contributed by atoms with Gasteiger partial charge in [0.15, 0.2) is 11.5 Å². The number of methoxy groups -OCH3 is 3. The summed E-state index contributed by atoms with van der Waals surface area (Å²) < 4.78 is 16.3. The first-order valence-corrected chi connectivity index (χ1v) is 12.4. The molecule has 37 heavy (non-hydrogen) atoms. The van der Waals surface area contributed by atoms with Gasteiger partial charge in [0.2, 0.25) is 11.7 Å². The average molecular weight is 516 g/mol. The number of hydrogen-bond donors (Lipinski definition) is 1. The zero-order valence-electron chi connectivity index (χ0n) is 20.7. The standard InChI is InChI=1S/C27H25N5O4S/c1-34-21-12-17(13-22(35-2)25(21)36-3)24-18(14-28)26(30)31-27(19(24)15-29)37-11-9-23(33)32-10-8-16-6-4-5-7-20(16)32/h4-7,12-13H,8-11H2,1-3H3,(H2,30,31). The number of pyridine rings is 1. The Morgan fingerprint density at radius 1 is 1.08 bits per heavy atom. The summed E-state index contributed by atoms with van der Waals surface area (Å²) in [6, 6.07) is 15.4. The largest absolute Gasteiger partial charge is 0.493 e. The van der Waals surface area contributed by atoms with Crippen molar-refractivity contribution in [3.8, 4) is 40.5 Å². The fraction of sp³-hybridized carbons (Fsp3) is 0.259. The maximum absolute atomic E-state index is 12.9. The summed E-state index contributed by atoms with van der Waals surface area (Å²) in [5.41, 5.74) is 9.32. The zero-order valence-corrected chi connectivity index (χ0v) is 21.5. The molecule has 4 rings (SSSR count). The highest BCUT2D eigenvalue weighted by Gasteiger charge is 2.26. The van der Waals surface area contributed by atoms with Crippen LogP contribution in [0, 0.1) is 22.7 Å². The van der Waals surface area contributed by atoms with E-state index in [4.69, 9.17) is 19.9 Å². The number of carbonyl (C=O) groups is 1. The maximum Gasteiger partial charge on any atom is 0.227 e. The predicted molar refractivity (Wildman–Crippen MR) is 141 cm³/mol. The molecule has 0 saturated carbocycles. The van der Waals surface area contributed by atoms with Crippen molar-refractivity contribution in [1.82, 2.24) is 4.98 Å². The molecule has 10 heteroatoms. The summed E-state index contributed by atoms with van der Waals surface area (Å²) in [6.45, 7) is 0.652. The number of hydrogen-bond acceptors (Lipinski definition) is 9. The summed E-state index contributed by atoms with van der Waals surface area (Å²) in [7, 11) is 4.45. The third-order valence-corrected chi connectivity index (χ3v) is 7.09. The average Bonchev–Trinajstić information content (AvgIpc) is 3.36. The minimum atomic E-state index is -0.00690. The number of fused-ring (bicyclic) bond motifs is 1. The van der Waals surface area contributed by atoms with Crippen LogP contribution in [0.5, 0.6) is 17.2 Å². The lowest BCUT2D eigenvalue weighted by Gasteiger charge is -2.18. The molecule has 0 spiro atoms. The van der Waals surface area contributed by atoms with Gasteiger partial charge in [-0.2, -0.15) is 10.5 Å². The van der Waals surface area contributed by atoms with Gasteiger partial charge in [-0.25, -0.2) is 4.98 Å². The molecule has 0 saturated heterocycles. The van der Waals surface area contributed by atoms with Crippen LogP contribution in [0.4, 0.5) is 11.5 Å². The van der Waals surface area contributed by atoms with Crippen molar-refractivity contribution < 1.29 is 19.0 Å². The SMILES string of the molecule is COc1cc(-c2c(C#N)c(N)nc(SCCC(=O)N3CCc4ccccc43)c2C#N)cc(OC)c1OC. The minimum Gasteiger partial charge on any atom is -0.493 e. The van der Waals surface area contributed by atoms with Crippen LogP contribution in [0.1, 0.15) is 23.1 Å². The highest BCUT2D eigenvalue weighted by atomic mass is 32.2. The second-order valence-electron chi connectivity index (χ2n) is 8.09. The van der Waals surface area contributed by atoms with Crippen LogP contribution in [0.3, 0.4) is 0 Å². The number of nitrogen functional groups attached to an aromatic ring is 1. The molecular formula is C27H25N5O4S. The second kappa shape index (κ2) is 11.1. The molecule has 2 N–H and O–H groups in total. The molecule has 0 fully saturated rings. The van der Waals surface area contributed by atoms with Crippen LogP contribution < -0.4 is 24.8 Å². The number of para-hydroxylation sites is 1. The van der Waals surface area contributed by atoms with Crippen molar-refractivity contribution in [2.75, 3.05) is 44.3 Å². The van der Waals surface area contributed by atoms with Crippen molar-refractivity contribution in [2.45, 2.75) is 17.9 Å². The first-order valence-electron chi connectivity index (χ1n) is 11.4. The van der Waals surface area contributed by atoms with Gasteiger partial charge < -0.3 is 24.8 Å². The number of thioether (sulfide) groups is 1. The van der Waals surface area contributed by atoms with E-state index in [0.717, 1.165) is 17.7 Å². The number of anilines is 2. The van der Waals surface area contributed by atoms with E-state index in [0.29, 0.717) is 45.7 Å². The highest BCUT2D eigenvalue weighted by Crippen LogP contribution is 2.44. The molecule has 0 bridgehead atoms. The Morgan fingerprint density at radius 3 is 2.38 bits per heavy atom. The number of aromatic nitrogens is 1. The van der Waals surface area contributed by atoms with E-state index >= 15 is 0 Å². The van der Waals surface area contributed by atoms with Gasteiger partial charge in [-0.1, -0.05) is 18.2 Å². The molecular weight excluding hydrogens is 490 g/mol. The molecule has 1 aliphatic heterocycles. The normalized spacial score (nSPS) is 11.9. The summed E-state index contributed by atoms with van der Waals surface area (Å²) in [5, 5.41) is 20.3. The van der Waals surface area contributed by atoms with E-state index in [1.165, 1.54) is 33.1 Å². The first kappa shape index (κ1) is 25.7. The van der Waals surface area contributed by atoms with E-state index in [9.17, 15) is 15.3 Å². The van der Waals surface area contributed by atoms with E-state index in [-0.39, 0.29) is 29.3 Å². The third-order valence-electron chi connectivity index (χ3n) is 6.11. The van der Waals surface area contributed by atoms with Crippen LogP contribution >= 0.6 is 11.8 Å². The quantitative estimate of drug-likeness (QED) is 0.439. The molecule has 2 heterocycles. The summed E-state index contributed by atoms with van der Waals surface area (Å²) in [6.07, 6.45) is 1.09. The zero-order chi connectivity index (χ0) is 26.5. The minimum absolute atomic E-state index is 0.00225. The molecule has 9 nitrogen and oxygen atoms in total. The van der Waals surface area contributed by atoms with Crippen molar-refractivity contribution in [3.63, 3.8) is 0 Å². The van der Waals surface area contributed by atoms with Crippen LogP contribution in [0.2, 0.25) is 0 Å². The topological polar surface area (TPSA) is 134 Å². The van der Waals surface area contributed by atoms with Gasteiger partial charge in [0.05, 0.1) is 26.9 Å². The number of benzene rings is 2. The first-order chi connectivity index (χ1) is 18.0. The summed E-state index contributed by atoms with van der Waals surface area (Å²) in [4.78, 5) is 19.1. The van der Waals surface area contributed by atoms with Crippen LogP contribution in [-0.4, -0.2) is 44.5 Å². The number of ether oxygens (including phenoxy) is 3. The van der Waals surface area contributed by atoms with Crippen LogP contribution in [0.15, 0.2) is 41.4 Å². The molecule has 1 amide bonds. The Kier molecular flexibility index (Phi) is 7.71. The molecule has 0 unspecified atom stereocenters. The fourth-order valence-electron chi connectivity index (χ4n) is 4.38. The van der Waals surface area contributed by atoms with Crippen LogP contribution in [0.25, 0.3) is 11.1 Å². The molecule has 1 aromatic heterocycles. The monoisotopic (exact) mass is 515 g/mol. The molecule has 2 aromatic carbocycles. The summed E-state index contributed by atoms with van der Waals surface area (Å²) >= 11 is 1.25. The van der Waals surface area contributed by atoms with Gasteiger partial charge in [0.1, 0.15) is 28.5 Å². The van der Waals surface area contributed by atoms with E-state index in [1.807, 2.05) is 24.3 Å². The second-order valence-corrected chi connectivity index (χ2v) is 9.17. The number of carbonyl (C=O) groups excluding carboxylic acids is 1. The lowest BCUT2D eigenvalue weighted by Crippen LogP contribution is -2.29.